The van der Waals surface area contributed by atoms with Gasteiger partial charge in [-0.1, -0.05) is 30.3 Å². The van der Waals surface area contributed by atoms with Crippen LogP contribution in [-0.4, -0.2) is 72.7 Å². The van der Waals surface area contributed by atoms with Crippen LogP contribution in [0.5, 0.6) is 0 Å². The third kappa shape index (κ3) is 7.47. The van der Waals surface area contributed by atoms with Gasteiger partial charge in [0.05, 0.1) is 6.04 Å². The maximum atomic E-state index is 13.8. The van der Waals surface area contributed by atoms with Gasteiger partial charge in [0.1, 0.15) is 12.1 Å². The highest BCUT2D eigenvalue weighted by atomic mass is 16.2. The molecule has 3 unspecified atom stereocenters. The molecule has 0 radical (unpaired) electrons. The van der Waals surface area contributed by atoms with Gasteiger partial charge >= 0.3 is 6.03 Å². The number of urea groups is 1. The zero-order chi connectivity index (χ0) is 28.4. The van der Waals surface area contributed by atoms with Crippen molar-refractivity contribution < 1.29 is 24.0 Å². The number of terminal acetylenes is 1. The summed E-state index contributed by atoms with van der Waals surface area (Å²) in [5, 5.41) is 10.5. The number of nitrogens with one attached hydrogen (secondary N) is 4. The molecule has 10 nitrogen and oxygen atoms in total. The second-order valence-electron chi connectivity index (χ2n) is 9.83. The van der Waals surface area contributed by atoms with Gasteiger partial charge in [0.2, 0.25) is 17.6 Å². The quantitative estimate of drug-likeness (QED) is 0.136. The Hall–Kier alpha value is -4.13. The van der Waals surface area contributed by atoms with Crippen LogP contribution >= 0.6 is 0 Å². The summed E-state index contributed by atoms with van der Waals surface area (Å²) in [4.78, 5) is 66.1. The number of amides is 5. The number of hydrogen-bond donors (Lipinski definition) is 4. The maximum Gasteiger partial charge on any atom is 0.315 e. The van der Waals surface area contributed by atoms with Crippen LogP contribution in [0.3, 0.4) is 0 Å². The van der Waals surface area contributed by atoms with Crippen LogP contribution in [0.2, 0.25) is 0 Å². The van der Waals surface area contributed by atoms with Crippen molar-refractivity contribution in [1.82, 2.24) is 26.2 Å². The molecule has 39 heavy (non-hydrogen) atoms. The lowest BCUT2D eigenvalue weighted by Crippen LogP contribution is -2.58. The number of carbonyl (C=O) groups is 5. The van der Waals surface area contributed by atoms with Gasteiger partial charge in [0.25, 0.3) is 5.91 Å². The number of fused-ring (bicyclic) bond motifs is 1. The fourth-order valence-corrected chi connectivity index (χ4v) is 5.20. The van der Waals surface area contributed by atoms with Crippen molar-refractivity contribution in [1.29, 1.82) is 0 Å². The van der Waals surface area contributed by atoms with Gasteiger partial charge in [-0.05, 0) is 55.6 Å². The smallest absolute Gasteiger partial charge is 0.315 e. The Morgan fingerprint density at radius 1 is 1.15 bits per heavy atom. The minimum Gasteiger partial charge on any atom is -0.349 e. The van der Waals surface area contributed by atoms with E-state index in [4.69, 9.17) is 6.42 Å². The molecule has 1 saturated heterocycles. The van der Waals surface area contributed by atoms with Crippen LogP contribution in [0.25, 0.3) is 0 Å². The maximum absolute atomic E-state index is 13.8. The van der Waals surface area contributed by atoms with Crippen LogP contribution in [0.1, 0.15) is 43.2 Å². The van der Waals surface area contributed by atoms with E-state index in [1.165, 1.54) is 11.9 Å². The van der Waals surface area contributed by atoms with Crippen LogP contribution in [0, 0.1) is 18.3 Å². The molecular formula is C29H37N5O5. The average Bonchev–Trinajstić information content (AvgIpc) is 3.60. The zero-order valence-corrected chi connectivity index (χ0v) is 22.3. The van der Waals surface area contributed by atoms with Gasteiger partial charge < -0.3 is 26.2 Å². The summed E-state index contributed by atoms with van der Waals surface area (Å²) in [5.74, 6) is -0.204. The lowest BCUT2D eigenvalue weighted by Gasteiger charge is -2.32. The summed E-state index contributed by atoms with van der Waals surface area (Å²) >= 11 is 0. The second kappa shape index (κ2) is 14.1. The number of carbonyl (C=O) groups excluding carboxylic acids is 5. The van der Waals surface area contributed by atoms with Gasteiger partial charge in [0, 0.05) is 26.6 Å². The lowest BCUT2D eigenvalue weighted by atomic mass is 9.95. The fourth-order valence-electron chi connectivity index (χ4n) is 5.20. The Bertz CT molecular complexity index is 1120. The van der Waals surface area contributed by atoms with Gasteiger partial charge in [0.15, 0.2) is 0 Å². The molecule has 1 aliphatic heterocycles. The predicted octanol–water partition coefficient (Wildman–Crippen LogP) is 0.850. The Morgan fingerprint density at radius 2 is 1.85 bits per heavy atom. The topological polar surface area (TPSA) is 137 Å². The molecular weight excluding hydrogens is 498 g/mol. The number of hydrogen-bond acceptors (Lipinski definition) is 5. The number of Topliss-reactive ketones (excluding diaryl/α,β-unsaturated/α-hetero) is 1. The van der Waals surface area contributed by atoms with Crippen molar-refractivity contribution in [2.75, 3.05) is 20.1 Å². The third-order valence-corrected chi connectivity index (χ3v) is 7.24. The molecule has 2 aliphatic rings. The highest BCUT2D eigenvalue weighted by Crippen LogP contribution is 2.31. The first-order valence-electron chi connectivity index (χ1n) is 13.3. The van der Waals surface area contributed by atoms with Crippen molar-refractivity contribution in [2.24, 2.45) is 5.92 Å². The molecule has 1 aromatic rings. The van der Waals surface area contributed by atoms with Gasteiger partial charge in [-0.3, -0.25) is 19.2 Å². The molecule has 1 aliphatic carbocycles. The van der Waals surface area contributed by atoms with Crippen molar-refractivity contribution in [3.05, 3.63) is 48.0 Å². The molecule has 5 amide bonds. The standard InChI is InChI=1S/C29H37N5O5/c1-4-6-13-22(25(35)27(37)31-15-7-5-2)32-26(36)23-14-10-16-34(23)28(38)24(33-29(39)30-3)21-17-19-11-8-9-12-20(19)18-21/h1,5,8-9,11-12,21-24H,2,6-7,10,13-18H2,3H3,(H,31,37)(H,32,36)(H2,30,33,39). The molecule has 208 valence electrons. The van der Waals surface area contributed by atoms with E-state index < -0.39 is 41.8 Å². The van der Waals surface area contributed by atoms with Crippen molar-refractivity contribution in [3.63, 3.8) is 0 Å². The first-order valence-corrected chi connectivity index (χ1v) is 13.3. The second-order valence-corrected chi connectivity index (χ2v) is 9.83. The van der Waals surface area contributed by atoms with E-state index in [0.717, 1.165) is 11.1 Å². The summed E-state index contributed by atoms with van der Waals surface area (Å²) in [5.41, 5.74) is 2.27. The van der Waals surface area contributed by atoms with Crippen LogP contribution in [0.15, 0.2) is 36.9 Å². The van der Waals surface area contributed by atoms with Crippen molar-refractivity contribution in [2.45, 2.75) is 63.1 Å². The van der Waals surface area contributed by atoms with Crippen LogP contribution < -0.4 is 21.3 Å². The SMILES string of the molecule is C#CCCC(NC(=O)C1CCCN1C(=O)C(NC(=O)NC)C1Cc2ccccc2C1)C(=O)C(=O)NCCC=C. The highest BCUT2D eigenvalue weighted by molar-refractivity contribution is 6.38. The summed E-state index contributed by atoms with van der Waals surface area (Å²) in [6, 6.07) is 4.67. The van der Waals surface area contributed by atoms with E-state index in [1.54, 1.807) is 6.08 Å². The Morgan fingerprint density at radius 3 is 2.46 bits per heavy atom. The molecule has 1 heterocycles. The van der Waals surface area contributed by atoms with Crippen LogP contribution in [0.4, 0.5) is 4.79 Å². The van der Waals surface area contributed by atoms with Gasteiger partial charge in [-0.25, -0.2) is 4.79 Å². The van der Waals surface area contributed by atoms with E-state index in [0.29, 0.717) is 38.6 Å². The van der Waals surface area contributed by atoms with Gasteiger partial charge in [-0.2, -0.15) is 0 Å². The molecule has 1 fully saturated rings. The van der Waals surface area contributed by atoms with E-state index in [1.807, 2.05) is 24.3 Å². The average molecular weight is 536 g/mol. The Balaban J connectivity index is 1.74. The highest BCUT2D eigenvalue weighted by Gasteiger charge is 2.42. The first kappa shape index (κ1) is 29.4. The van der Waals surface area contributed by atoms with Gasteiger partial charge in [-0.15, -0.1) is 18.9 Å². The first-order chi connectivity index (χ1) is 18.8. The number of likely N-dealkylation sites (tertiary alicyclic amines) is 1. The molecule has 0 aromatic heterocycles. The van der Waals surface area contributed by atoms with E-state index in [9.17, 15) is 24.0 Å². The third-order valence-electron chi connectivity index (χ3n) is 7.24. The summed E-state index contributed by atoms with van der Waals surface area (Å²) in [6.45, 7) is 4.17. The molecule has 0 spiro atoms. The monoisotopic (exact) mass is 535 g/mol. The van der Waals surface area contributed by atoms with Crippen LogP contribution in [-0.2, 0) is 32.0 Å². The molecule has 0 saturated carbocycles. The van der Waals surface area contributed by atoms with Crippen molar-refractivity contribution >= 4 is 29.5 Å². The lowest BCUT2D eigenvalue weighted by molar-refractivity contribution is -0.143. The normalized spacial score (nSPS) is 17.7. The number of benzene rings is 1. The Labute approximate surface area is 229 Å². The van der Waals surface area contributed by atoms with E-state index in [-0.39, 0.29) is 31.2 Å². The van der Waals surface area contributed by atoms with E-state index in [2.05, 4.69) is 33.8 Å². The fraction of sp³-hybridized carbons (Fsp3) is 0.483. The number of ketones is 1. The minimum atomic E-state index is -1.11. The molecule has 3 rings (SSSR count). The molecule has 10 heteroatoms. The Kier molecular flexibility index (Phi) is 10.7. The molecule has 3 atom stereocenters. The minimum absolute atomic E-state index is 0.0950. The molecule has 4 N–H and O–H groups in total. The number of rotatable bonds is 12. The summed E-state index contributed by atoms with van der Waals surface area (Å²) < 4.78 is 0. The zero-order valence-electron chi connectivity index (χ0n) is 22.3. The molecule has 0 bridgehead atoms. The summed E-state index contributed by atoms with van der Waals surface area (Å²) in [7, 11) is 1.48. The largest absolute Gasteiger partial charge is 0.349 e. The summed E-state index contributed by atoms with van der Waals surface area (Å²) in [6.07, 6.45) is 10.0. The molecule has 1 aromatic carbocycles. The van der Waals surface area contributed by atoms with Crippen molar-refractivity contribution in [3.8, 4) is 12.3 Å². The van der Waals surface area contributed by atoms with E-state index >= 15 is 0 Å². The predicted molar refractivity (Wildman–Crippen MR) is 146 cm³/mol. The number of nitrogens with zero attached hydrogens (tertiary/aromatic N) is 1.